The number of hydrogen-bond acceptors (Lipinski definition) is 3. The van der Waals surface area contributed by atoms with Gasteiger partial charge in [-0.1, -0.05) is 5.92 Å². The van der Waals surface area contributed by atoms with E-state index in [2.05, 4.69) is 17.2 Å². The maximum absolute atomic E-state index is 11.3. The Morgan fingerprint density at radius 1 is 1.40 bits per heavy atom. The second-order valence-electron chi connectivity index (χ2n) is 4.77. The van der Waals surface area contributed by atoms with Crippen LogP contribution in [0.1, 0.15) is 40.0 Å². The highest BCUT2D eigenvalue weighted by atomic mass is 16.6. The van der Waals surface area contributed by atoms with Crippen LogP contribution in [0.2, 0.25) is 0 Å². The van der Waals surface area contributed by atoms with Gasteiger partial charge in [-0.25, -0.2) is 4.79 Å². The van der Waals surface area contributed by atoms with E-state index in [1.54, 1.807) is 0 Å². The molecule has 3 nitrogen and oxygen atoms in total. The summed E-state index contributed by atoms with van der Waals surface area (Å²) in [6.07, 6.45) is 3.40. The predicted molar refractivity (Wildman–Crippen MR) is 59.3 cm³/mol. The van der Waals surface area contributed by atoms with Gasteiger partial charge in [0, 0.05) is 5.92 Å². The van der Waals surface area contributed by atoms with E-state index in [-0.39, 0.29) is 6.04 Å². The molecule has 1 heterocycles. The first kappa shape index (κ1) is 12.1. The Labute approximate surface area is 91.6 Å². The van der Waals surface area contributed by atoms with Gasteiger partial charge in [0.2, 0.25) is 0 Å². The number of carbonyl (C=O) groups excluding carboxylic acids is 1. The van der Waals surface area contributed by atoms with Crippen LogP contribution < -0.4 is 5.32 Å². The fourth-order valence-corrected chi connectivity index (χ4v) is 1.42. The molecule has 3 heteroatoms. The van der Waals surface area contributed by atoms with Crippen molar-refractivity contribution in [1.29, 1.82) is 0 Å². The molecule has 0 radical (unpaired) electrons. The summed E-state index contributed by atoms with van der Waals surface area (Å²) >= 11 is 0. The highest BCUT2D eigenvalue weighted by molar-refractivity contribution is 5.88. The summed E-state index contributed by atoms with van der Waals surface area (Å²) in [6.45, 7) is 6.51. The Balaban J connectivity index is 2.39. The van der Waals surface area contributed by atoms with Crippen molar-refractivity contribution < 1.29 is 9.53 Å². The van der Waals surface area contributed by atoms with Gasteiger partial charge in [-0.05, 0) is 46.6 Å². The molecular formula is C12H19NO2. The molecule has 0 bridgehead atoms. The first-order chi connectivity index (χ1) is 6.97. The highest BCUT2D eigenvalue weighted by Gasteiger charge is 2.15. The van der Waals surface area contributed by atoms with E-state index in [9.17, 15) is 4.79 Å². The summed E-state index contributed by atoms with van der Waals surface area (Å²) in [7, 11) is 0. The zero-order valence-electron chi connectivity index (χ0n) is 9.72. The third kappa shape index (κ3) is 5.44. The second kappa shape index (κ2) is 5.18. The average Bonchev–Trinajstić information content (AvgIpc) is 2.14. The van der Waals surface area contributed by atoms with Crippen LogP contribution >= 0.6 is 0 Å². The molecule has 1 aliphatic heterocycles. The third-order valence-corrected chi connectivity index (χ3v) is 2.06. The van der Waals surface area contributed by atoms with E-state index in [0.717, 1.165) is 13.0 Å². The summed E-state index contributed by atoms with van der Waals surface area (Å²) in [5, 5.41) is 3.26. The molecule has 0 aliphatic carbocycles. The molecule has 0 amide bonds. The van der Waals surface area contributed by atoms with Gasteiger partial charge in [0.1, 0.15) is 5.60 Å². The summed E-state index contributed by atoms with van der Waals surface area (Å²) in [6, 6.07) is 0.159. The standard InChI is InChI=1S/C12H19NO2/c1-12(2,3)15-11(14)8-7-10-6-4-5-9-13-10/h10,13H,4-6,9H2,1-3H3. The quantitative estimate of drug-likeness (QED) is 0.373. The maximum Gasteiger partial charge on any atom is 0.384 e. The molecule has 1 aliphatic rings. The number of ether oxygens (including phenoxy) is 1. The van der Waals surface area contributed by atoms with Crippen LogP contribution in [0.25, 0.3) is 0 Å². The first-order valence-corrected chi connectivity index (χ1v) is 5.45. The van der Waals surface area contributed by atoms with Crippen molar-refractivity contribution in [2.45, 2.75) is 51.7 Å². The first-order valence-electron chi connectivity index (χ1n) is 5.45. The molecule has 0 saturated carbocycles. The van der Waals surface area contributed by atoms with Gasteiger partial charge in [0.25, 0.3) is 0 Å². The molecule has 15 heavy (non-hydrogen) atoms. The monoisotopic (exact) mass is 209 g/mol. The van der Waals surface area contributed by atoms with Crippen LogP contribution in [-0.4, -0.2) is 24.2 Å². The Morgan fingerprint density at radius 2 is 2.13 bits per heavy atom. The number of rotatable bonds is 0. The van der Waals surface area contributed by atoms with Crippen LogP contribution in [0, 0.1) is 11.8 Å². The Morgan fingerprint density at radius 3 is 2.67 bits per heavy atom. The molecule has 1 N–H and O–H groups in total. The van der Waals surface area contributed by atoms with E-state index < -0.39 is 11.6 Å². The second-order valence-corrected chi connectivity index (χ2v) is 4.77. The average molecular weight is 209 g/mol. The summed E-state index contributed by atoms with van der Waals surface area (Å²) in [4.78, 5) is 11.3. The van der Waals surface area contributed by atoms with Gasteiger partial charge in [-0.2, -0.15) is 0 Å². The minimum atomic E-state index is -0.453. The Bertz CT molecular complexity index is 274. The van der Waals surface area contributed by atoms with Crippen molar-refractivity contribution in [3.63, 3.8) is 0 Å². The molecule has 0 aromatic carbocycles. The SMILES string of the molecule is CC(C)(C)OC(=O)C#CC1CCCCN1. The van der Waals surface area contributed by atoms with Gasteiger partial charge in [0.05, 0.1) is 6.04 Å². The lowest BCUT2D eigenvalue weighted by atomic mass is 10.1. The molecule has 1 atom stereocenters. The predicted octanol–water partition coefficient (Wildman–Crippen LogP) is 1.47. The molecule has 0 spiro atoms. The van der Waals surface area contributed by atoms with Gasteiger partial charge >= 0.3 is 5.97 Å². The lowest BCUT2D eigenvalue weighted by Gasteiger charge is -2.19. The number of hydrogen-bond donors (Lipinski definition) is 1. The van der Waals surface area contributed by atoms with Crippen LogP contribution in [0.15, 0.2) is 0 Å². The van der Waals surface area contributed by atoms with E-state index in [0.29, 0.717) is 0 Å². The summed E-state index contributed by atoms with van der Waals surface area (Å²) in [5.41, 5.74) is -0.453. The van der Waals surface area contributed by atoms with Gasteiger partial charge < -0.3 is 10.1 Å². The van der Waals surface area contributed by atoms with E-state index in [1.165, 1.54) is 12.8 Å². The maximum atomic E-state index is 11.3. The van der Waals surface area contributed by atoms with Crippen molar-refractivity contribution in [2.24, 2.45) is 0 Å². The molecule has 1 unspecified atom stereocenters. The molecule has 1 fully saturated rings. The fourth-order valence-electron chi connectivity index (χ4n) is 1.42. The van der Waals surface area contributed by atoms with Gasteiger partial charge in [-0.15, -0.1) is 0 Å². The number of nitrogens with one attached hydrogen (secondary N) is 1. The molecule has 0 aromatic heterocycles. The van der Waals surface area contributed by atoms with Crippen LogP contribution in [0.5, 0.6) is 0 Å². The summed E-state index contributed by atoms with van der Waals surface area (Å²) in [5.74, 6) is 5.01. The molecule has 84 valence electrons. The lowest BCUT2D eigenvalue weighted by molar-refractivity contribution is -0.147. The minimum Gasteiger partial charge on any atom is -0.450 e. The zero-order chi connectivity index (χ0) is 11.3. The fraction of sp³-hybridized carbons (Fsp3) is 0.750. The number of esters is 1. The molecular weight excluding hydrogens is 190 g/mol. The third-order valence-electron chi connectivity index (χ3n) is 2.06. The number of piperidine rings is 1. The van der Waals surface area contributed by atoms with Gasteiger partial charge in [0.15, 0.2) is 0 Å². The highest BCUT2D eigenvalue weighted by Crippen LogP contribution is 2.07. The van der Waals surface area contributed by atoms with Crippen LogP contribution in [0.3, 0.4) is 0 Å². The van der Waals surface area contributed by atoms with Crippen molar-refractivity contribution in [2.75, 3.05) is 6.54 Å². The Hall–Kier alpha value is -1.01. The summed E-state index contributed by atoms with van der Waals surface area (Å²) < 4.78 is 5.09. The Kier molecular flexibility index (Phi) is 4.16. The van der Waals surface area contributed by atoms with Crippen LogP contribution in [0.4, 0.5) is 0 Å². The molecule has 0 aromatic rings. The smallest absolute Gasteiger partial charge is 0.384 e. The van der Waals surface area contributed by atoms with E-state index in [4.69, 9.17) is 4.74 Å². The number of carbonyl (C=O) groups is 1. The van der Waals surface area contributed by atoms with Crippen molar-refractivity contribution in [3.8, 4) is 11.8 Å². The van der Waals surface area contributed by atoms with Crippen molar-refractivity contribution in [3.05, 3.63) is 0 Å². The molecule has 1 rings (SSSR count). The lowest BCUT2D eigenvalue weighted by Crippen LogP contribution is -2.32. The minimum absolute atomic E-state index is 0.159. The van der Waals surface area contributed by atoms with Crippen molar-refractivity contribution >= 4 is 5.97 Å². The normalized spacial score (nSPS) is 21.4. The zero-order valence-corrected chi connectivity index (χ0v) is 9.72. The van der Waals surface area contributed by atoms with Crippen LogP contribution in [-0.2, 0) is 9.53 Å². The van der Waals surface area contributed by atoms with E-state index in [1.807, 2.05) is 20.8 Å². The molecule has 1 saturated heterocycles. The van der Waals surface area contributed by atoms with Crippen molar-refractivity contribution in [1.82, 2.24) is 5.32 Å². The largest absolute Gasteiger partial charge is 0.450 e. The van der Waals surface area contributed by atoms with Gasteiger partial charge in [-0.3, -0.25) is 0 Å². The topological polar surface area (TPSA) is 38.3 Å². The van der Waals surface area contributed by atoms with E-state index >= 15 is 0 Å².